The Hall–Kier alpha value is -3.52. The molecular formula is C19H15N3O4S. The van der Waals surface area contributed by atoms with E-state index in [-0.39, 0.29) is 17.4 Å². The molecule has 0 bridgehead atoms. The number of thiocarbonyl (C=S) groups is 1. The van der Waals surface area contributed by atoms with Gasteiger partial charge in [-0.2, -0.15) is 0 Å². The van der Waals surface area contributed by atoms with Crippen molar-refractivity contribution < 1.29 is 14.5 Å². The molecular weight excluding hydrogens is 366 g/mol. The summed E-state index contributed by atoms with van der Waals surface area (Å²) in [6, 6.07) is 19.0. The normalized spacial score (nSPS) is 10.2. The molecule has 0 unspecified atom stereocenters. The van der Waals surface area contributed by atoms with E-state index in [4.69, 9.17) is 17.0 Å². The number of benzene rings is 3. The molecule has 0 saturated heterocycles. The third-order valence-corrected chi connectivity index (χ3v) is 3.91. The first-order chi connectivity index (χ1) is 13.0. The molecule has 3 aromatic rings. The van der Waals surface area contributed by atoms with Crippen molar-refractivity contribution in [2.75, 3.05) is 11.9 Å². The Kier molecular flexibility index (Phi) is 5.58. The van der Waals surface area contributed by atoms with Crippen LogP contribution < -0.4 is 15.4 Å². The number of carbonyl (C=O) groups excluding carboxylic acids is 1. The third kappa shape index (κ3) is 4.77. The van der Waals surface area contributed by atoms with Crippen LogP contribution in [0.25, 0.3) is 10.8 Å². The fraction of sp³-hybridized carbons (Fsp3) is 0.0526. The highest BCUT2D eigenvalue weighted by Crippen LogP contribution is 2.22. The summed E-state index contributed by atoms with van der Waals surface area (Å²) in [7, 11) is 0. The van der Waals surface area contributed by atoms with Crippen molar-refractivity contribution in [3.63, 3.8) is 0 Å². The maximum Gasteiger partial charge on any atom is 0.269 e. The van der Waals surface area contributed by atoms with Gasteiger partial charge in [-0.15, -0.1) is 0 Å². The lowest BCUT2D eigenvalue weighted by atomic mass is 10.1. The van der Waals surface area contributed by atoms with Crippen molar-refractivity contribution >= 4 is 45.4 Å². The summed E-state index contributed by atoms with van der Waals surface area (Å²) in [6.45, 7) is -0.269. The first kappa shape index (κ1) is 18.3. The summed E-state index contributed by atoms with van der Waals surface area (Å²) in [5, 5.41) is 18.3. The minimum atomic E-state index is -0.506. The topological polar surface area (TPSA) is 93.5 Å². The van der Waals surface area contributed by atoms with Crippen LogP contribution in [-0.4, -0.2) is 22.5 Å². The molecule has 0 spiro atoms. The molecule has 0 atom stereocenters. The number of carbonyl (C=O) groups is 1. The van der Waals surface area contributed by atoms with Crippen molar-refractivity contribution in [3.8, 4) is 5.75 Å². The third-order valence-electron chi connectivity index (χ3n) is 3.71. The molecule has 0 aliphatic heterocycles. The average Bonchev–Trinajstić information content (AvgIpc) is 2.67. The average molecular weight is 381 g/mol. The number of nitrogens with zero attached hydrogens (tertiary/aromatic N) is 1. The predicted molar refractivity (Wildman–Crippen MR) is 107 cm³/mol. The van der Waals surface area contributed by atoms with Gasteiger partial charge in [-0.05, 0) is 35.8 Å². The van der Waals surface area contributed by atoms with Crippen molar-refractivity contribution in [2.24, 2.45) is 0 Å². The number of rotatable bonds is 5. The van der Waals surface area contributed by atoms with Gasteiger partial charge in [0.25, 0.3) is 11.6 Å². The summed E-state index contributed by atoms with van der Waals surface area (Å²) >= 11 is 5.18. The minimum absolute atomic E-state index is 0.0488. The number of nitro benzene ring substituents is 1. The largest absolute Gasteiger partial charge is 0.484 e. The van der Waals surface area contributed by atoms with E-state index in [1.807, 2.05) is 42.5 Å². The van der Waals surface area contributed by atoms with Gasteiger partial charge in [0.05, 0.1) is 4.92 Å². The maximum absolute atomic E-state index is 12.0. The van der Waals surface area contributed by atoms with Gasteiger partial charge < -0.3 is 10.1 Å². The molecule has 136 valence electrons. The number of amides is 1. The molecule has 0 fully saturated rings. The standard InChI is InChI=1S/C19H15N3O4S/c23-18(12-26-15-10-8-14(9-11-15)22(24)25)21-19(27)20-17-7-3-5-13-4-1-2-6-16(13)17/h1-11H,12H2,(H2,20,21,23,27). The summed E-state index contributed by atoms with van der Waals surface area (Å²) in [5.74, 6) is -0.0882. The lowest BCUT2D eigenvalue weighted by Gasteiger charge is -2.12. The number of anilines is 1. The van der Waals surface area contributed by atoms with Crippen LogP contribution in [0.3, 0.4) is 0 Å². The van der Waals surface area contributed by atoms with Crippen molar-refractivity contribution in [1.29, 1.82) is 0 Å². The van der Waals surface area contributed by atoms with Gasteiger partial charge in [-0.25, -0.2) is 0 Å². The Morgan fingerprint density at radius 3 is 2.48 bits per heavy atom. The molecule has 27 heavy (non-hydrogen) atoms. The summed E-state index contributed by atoms with van der Waals surface area (Å²) in [4.78, 5) is 22.1. The monoisotopic (exact) mass is 381 g/mol. The quantitative estimate of drug-likeness (QED) is 0.398. The number of ether oxygens (including phenoxy) is 1. The van der Waals surface area contributed by atoms with Crippen molar-refractivity contribution in [1.82, 2.24) is 5.32 Å². The van der Waals surface area contributed by atoms with E-state index >= 15 is 0 Å². The van der Waals surface area contributed by atoms with E-state index < -0.39 is 10.8 Å². The molecule has 3 aromatic carbocycles. The molecule has 0 aromatic heterocycles. The molecule has 0 radical (unpaired) electrons. The van der Waals surface area contributed by atoms with E-state index in [9.17, 15) is 14.9 Å². The van der Waals surface area contributed by atoms with E-state index in [0.29, 0.717) is 5.75 Å². The first-order valence-corrected chi connectivity index (χ1v) is 8.39. The first-order valence-electron chi connectivity index (χ1n) is 7.99. The van der Waals surface area contributed by atoms with Gasteiger partial charge in [0, 0.05) is 23.2 Å². The molecule has 3 rings (SSSR count). The predicted octanol–water partition coefficient (Wildman–Crippen LogP) is 3.64. The van der Waals surface area contributed by atoms with Crippen molar-refractivity contribution in [2.45, 2.75) is 0 Å². The second-order valence-corrected chi connectivity index (χ2v) is 5.98. The van der Waals surface area contributed by atoms with Crippen molar-refractivity contribution in [3.05, 3.63) is 76.8 Å². The number of non-ortho nitro benzene ring substituents is 1. The summed E-state index contributed by atoms with van der Waals surface area (Å²) in [5.41, 5.74) is 0.738. The Bertz CT molecular complexity index is 1000. The van der Waals surface area contributed by atoms with Crippen LogP contribution in [-0.2, 0) is 4.79 Å². The smallest absolute Gasteiger partial charge is 0.269 e. The zero-order valence-electron chi connectivity index (χ0n) is 14.0. The Balaban J connectivity index is 1.54. The van der Waals surface area contributed by atoms with Crippen LogP contribution in [0, 0.1) is 10.1 Å². The van der Waals surface area contributed by atoms with E-state index in [2.05, 4.69) is 10.6 Å². The van der Waals surface area contributed by atoms with Crippen LogP contribution in [0.1, 0.15) is 0 Å². The lowest BCUT2D eigenvalue weighted by molar-refractivity contribution is -0.384. The SMILES string of the molecule is O=C(COc1ccc([N+](=O)[O-])cc1)NC(=S)Nc1cccc2ccccc12. The number of hydrogen-bond donors (Lipinski definition) is 2. The fourth-order valence-corrected chi connectivity index (χ4v) is 2.69. The minimum Gasteiger partial charge on any atom is -0.484 e. The Morgan fingerprint density at radius 1 is 1.04 bits per heavy atom. The molecule has 0 saturated carbocycles. The molecule has 0 aliphatic rings. The number of fused-ring (bicyclic) bond motifs is 1. The van der Waals surface area contributed by atoms with E-state index in [1.165, 1.54) is 24.3 Å². The van der Waals surface area contributed by atoms with Crippen LogP contribution in [0.4, 0.5) is 11.4 Å². The summed E-state index contributed by atoms with van der Waals surface area (Å²) in [6.07, 6.45) is 0. The molecule has 2 N–H and O–H groups in total. The second-order valence-electron chi connectivity index (χ2n) is 5.57. The van der Waals surface area contributed by atoms with Gasteiger partial charge in [-0.3, -0.25) is 20.2 Å². The number of nitrogens with one attached hydrogen (secondary N) is 2. The second kappa shape index (κ2) is 8.24. The zero-order chi connectivity index (χ0) is 19.2. The van der Waals surface area contributed by atoms with Crippen LogP contribution in [0.5, 0.6) is 5.75 Å². The van der Waals surface area contributed by atoms with Crippen LogP contribution in [0.15, 0.2) is 66.7 Å². The highest BCUT2D eigenvalue weighted by molar-refractivity contribution is 7.80. The van der Waals surface area contributed by atoms with Crippen LogP contribution >= 0.6 is 12.2 Å². The van der Waals surface area contributed by atoms with Gasteiger partial charge in [0.1, 0.15) is 5.75 Å². The Labute approximate surface area is 160 Å². The van der Waals surface area contributed by atoms with Gasteiger partial charge in [0.15, 0.2) is 11.7 Å². The highest BCUT2D eigenvalue weighted by Gasteiger charge is 2.09. The molecule has 0 heterocycles. The molecule has 1 amide bonds. The molecule has 0 aliphatic carbocycles. The zero-order valence-corrected chi connectivity index (χ0v) is 14.9. The van der Waals surface area contributed by atoms with Gasteiger partial charge in [0.2, 0.25) is 0 Å². The van der Waals surface area contributed by atoms with Gasteiger partial charge >= 0.3 is 0 Å². The maximum atomic E-state index is 12.0. The van der Waals surface area contributed by atoms with E-state index in [0.717, 1.165) is 16.5 Å². The van der Waals surface area contributed by atoms with Crippen LogP contribution in [0.2, 0.25) is 0 Å². The number of nitro groups is 1. The fourth-order valence-electron chi connectivity index (χ4n) is 2.46. The number of hydrogen-bond acceptors (Lipinski definition) is 5. The highest BCUT2D eigenvalue weighted by atomic mass is 32.1. The summed E-state index contributed by atoms with van der Waals surface area (Å²) < 4.78 is 5.30. The molecule has 8 heteroatoms. The Morgan fingerprint density at radius 2 is 1.74 bits per heavy atom. The lowest BCUT2D eigenvalue weighted by Crippen LogP contribution is -2.37. The van der Waals surface area contributed by atoms with Gasteiger partial charge in [-0.1, -0.05) is 36.4 Å². The van der Waals surface area contributed by atoms with E-state index in [1.54, 1.807) is 0 Å². The molecule has 7 nitrogen and oxygen atoms in total.